The first-order chi connectivity index (χ1) is 12.4. The Bertz CT molecular complexity index is 786. The van der Waals surface area contributed by atoms with Crippen molar-refractivity contribution in [1.82, 2.24) is 15.1 Å². The monoisotopic (exact) mass is 367 g/mol. The molecule has 26 heavy (non-hydrogen) atoms. The van der Waals surface area contributed by atoms with Crippen LogP contribution in [0, 0.1) is 0 Å². The summed E-state index contributed by atoms with van der Waals surface area (Å²) >= 11 is 0. The molecule has 0 fully saturated rings. The molecule has 1 N–H and O–H groups in total. The number of aryl methyl sites for hydroxylation is 1. The summed E-state index contributed by atoms with van der Waals surface area (Å²) in [4.78, 5) is 12.4. The van der Waals surface area contributed by atoms with E-state index in [0.717, 1.165) is 22.2 Å². The number of alkyl halides is 3. The third kappa shape index (κ3) is 4.36. The lowest BCUT2D eigenvalue weighted by molar-refractivity contribution is -0.142. The van der Waals surface area contributed by atoms with Crippen LogP contribution in [0.5, 0.6) is 5.75 Å². The zero-order chi connectivity index (χ0) is 18.7. The van der Waals surface area contributed by atoms with E-state index in [1.807, 2.05) is 18.2 Å². The van der Waals surface area contributed by atoms with Gasteiger partial charge in [0.05, 0.1) is 25.3 Å². The van der Waals surface area contributed by atoms with Gasteiger partial charge in [0, 0.05) is 11.8 Å². The third-order valence-electron chi connectivity index (χ3n) is 4.36. The summed E-state index contributed by atoms with van der Waals surface area (Å²) in [6.07, 6.45) is -0.623. The Morgan fingerprint density at radius 1 is 1.38 bits per heavy atom. The molecule has 1 aromatic carbocycles. The zero-order valence-corrected chi connectivity index (χ0v) is 14.3. The summed E-state index contributed by atoms with van der Waals surface area (Å²) in [6, 6.07) is 6.86. The molecule has 0 aliphatic heterocycles. The highest BCUT2D eigenvalue weighted by Crippen LogP contribution is 2.30. The number of rotatable bonds is 5. The van der Waals surface area contributed by atoms with E-state index in [2.05, 4.69) is 10.4 Å². The van der Waals surface area contributed by atoms with Crippen molar-refractivity contribution in [3.63, 3.8) is 0 Å². The van der Waals surface area contributed by atoms with Crippen LogP contribution >= 0.6 is 0 Å². The lowest BCUT2D eigenvalue weighted by Crippen LogP contribution is -2.32. The quantitative estimate of drug-likeness (QED) is 0.883. The number of methoxy groups -OCH3 is 1. The number of benzene rings is 1. The van der Waals surface area contributed by atoms with Gasteiger partial charge in [0.25, 0.3) is 0 Å². The van der Waals surface area contributed by atoms with Crippen LogP contribution < -0.4 is 10.1 Å². The van der Waals surface area contributed by atoms with Gasteiger partial charge in [-0.25, -0.2) is 0 Å². The Balaban J connectivity index is 1.70. The van der Waals surface area contributed by atoms with Gasteiger partial charge >= 0.3 is 6.18 Å². The predicted octanol–water partition coefficient (Wildman–Crippen LogP) is 3.19. The summed E-state index contributed by atoms with van der Waals surface area (Å²) in [7, 11) is 1.54. The Morgan fingerprint density at radius 3 is 2.88 bits per heavy atom. The van der Waals surface area contributed by atoms with Crippen molar-refractivity contribution >= 4 is 5.91 Å². The predicted molar refractivity (Wildman–Crippen MR) is 88.8 cm³/mol. The fourth-order valence-electron chi connectivity index (χ4n) is 3.27. The summed E-state index contributed by atoms with van der Waals surface area (Å²) < 4.78 is 43.9. The first kappa shape index (κ1) is 18.3. The number of fused-ring (bicyclic) bond motifs is 1. The summed E-state index contributed by atoms with van der Waals surface area (Å²) in [5, 5.41) is 6.97. The number of hydrogen-bond donors (Lipinski definition) is 1. The van der Waals surface area contributed by atoms with Gasteiger partial charge in [-0.1, -0.05) is 18.2 Å². The van der Waals surface area contributed by atoms with Gasteiger partial charge in [0.15, 0.2) is 0 Å². The smallest absolute Gasteiger partial charge is 0.408 e. The fourth-order valence-corrected chi connectivity index (χ4v) is 3.27. The lowest BCUT2D eigenvalue weighted by atomic mass is 9.93. The molecule has 1 aliphatic rings. The molecule has 0 saturated carbocycles. The number of ether oxygens (including phenoxy) is 1. The van der Waals surface area contributed by atoms with Crippen molar-refractivity contribution in [2.24, 2.45) is 0 Å². The first-order valence-electron chi connectivity index (χ1n) is 8.40. The van der Waals surface area contributed by atoms with E-state index in [-0.39, 0.29) is 18.4 Å². The maximum Gasteiger partial charge on any atom is 0.408 e. The molecule has 1 heterocycles. The Labute approximate surface area is 149 Å². The van der Waals surface area contributed by atoms with Crippen LogP contribution in [0.3, 0.4) is 0 Å². The van der Waals surface area contributed by atoms with Crippen LogP contribution in [-0.2, 0) is 24.2 Å². The minimum atomic E-state index is -4.32. The third-order valence-corrected chi connectivity index (χ3v) is 4.36. The van der Waals surface area contributed by atoms with Crippen LogP contribution in [0.2, 0.25) is 0 Å². The molecule has 1 aromatic heterocycles. The van der Waals surface area contributed by atoms with Crippen LogP contribution in [-0.4, -0.2) is 29.0 Å². The molecule has 1 aliphatic carbocycles. The molecular formula is C18H20F3N3O2. The molecule has 140 valence electrons. The number of carbonyl (C=O) groups excluding carboxylic acids is 1. The van der Waals surface area contributed by atoms with Crippen LogP contribution in [0.4, 0.5) is 13.2 Å². The highest BCUT2D eigenvalue weighted by atomic mass is 19.4. The van der Waals surface area contributed by atoms with E-state index in [1.165, 1.54) is 13.3 Å². The highest BCUT2D eigenvalue weighted by Gasteiger charge is 2.31. The second kappa shape index (κ2) is 7.39. The second-order valence-corrected chi connectivity index (χ2v) is 6.35. The number of nitrogens with zero attached hydrogens (tertiary/aromatic N) is 2. The van der Waals surface area contributed by atoms with Gasteiger partial charge in [0.2, 0.25) is 5.91 Å². The molecule has 0 unspecified atom stereocenters. The number of nitrogens with one attached hydrogen (secondary N) is 1. The molecule has 0 spiro atoms. The number of hydrogen-bond acceptors (Lipinski definition) is 3. The fraction of sp³-hybridized carbons (Fsp3) is 0.444. The average Bonchev–Trinajstić information content (AvgIpc) is 2.96. The van der Waals surface area contributed by atoms with E-state index in [9.17, 15) is 18.0 Å². The number of para-hydroxylation sites is 1. The Hall–Kier alpha value is -2.51. The molecule has 5 nitrogen and oxygen atoms in total. The van der Waals surface area contributed by atoms with E-state index < -0.39 is 12.7 Å². The van der Waals surface area contributed by atoms with Crippen molar-refractivity contribution in [2.75, 3.05) is 7.11 Å². The largest absolute Gasteiger partial charge is 0.496 e. The van der Waals surface area contributed by atoms with Crippen molar-refractivity contribution in [1.29, 1.82) is 0 Å². The average molecular weight is 367 g/mol. The molecular weight excluding hydrogens is 347 g/mol. The SMILES string of the molecule is COc1ccccc1CC(=O)N[C@@H]1CCCc2cn(CC(F)(F)F)nc21. The lowest BCUT2D eigenvalue weighted by Gasteiger charge is -2.22. The van der Waals surface area contributed by atoms with Crippen molar-refractivity contribution in [3.8, 4) is 5.75 Å². The van der Waals surface area contributed by atoms with E-state index >= 15 is 0 Å². The van der Waals surface area contributed by atoms with E-state index in [1.54, 1.807) is 6.07 Å². The number of carbonyl (C=O) groups is 1. The molecule has 3 rings (SSSR count). The second-order valence-electron chi connectivity index (χ2n) is 6.35. The van der Waals surface area contributed by atoms with Gasteiger partial charge in [-0.2, -0.15) is 18.3 Å². The standard InChI is InChI=1S/C18H20F3N3O2/c1-26-15-8-3-2-5-12(15)9-16(25)22-14-7-4-6-13-10-24(23-17(13)14)11-18(19,20)21/h2-3,5,8,10,14H,4,6-7,9,11H2,1H3,(H,22,25)/t14-/m1/s1. The number of amides is 1. The van der Waals surface area contributed by atoms with E-state index in [4.69, 9.17) is 4.74 Å². The van der Waals surface area contributed by atoms with Gasteiger partial charge in [-0.3, -0.25) is 9.48 Å². The highest BCUT2D eigenvalue weighted by molar-refractivity contribution is 5.79. The summed E-state index contributed by atoms with van der Waals surface area (Å²) in [5.41, 5.74) is 2.06. The van der Waals surface area contributed by atoms with Crippen LogP contribution in [0.1, 0.15) is 35.7 Å². The van der Waals surface area contributed by atoms with Gasteiger partial charge < -0.3 is 10.1 Å². The molecule has 1 atom stereocenters. The summed E-state index contributed by atoms with van der Waals surface area (Å²) in [5.74, 6) is 0.416. The maximum atomic E-state index is 12.6. The van der Waals surface area contributed by atoms with Crippen molar-refractivity contribution in [3.05, 3.63) is 47.3 Å². The number of halogens is 3. The van der Waals surface area contributed by atoms with E-state index in [0.29, 0.717) is 24.3 Å². The molecule has 0 radical (unpaired) electrons. The molecule has 2 aromatic rings. The minimum Gasteiger partial charge on any atom is -0.496 e. The molecule has 0 bridgehead atoms. The Morgan fingerprint density at radius 2 is 2.15 bits per heavy atom. The number of aromatic nitrogens is 2. The van der Waals surface area contributed by atoms with Gasteiger partial charge in [-0.05, 0) is 30.9 Å². The minimum absolute atomic E-state index is 0.138. The van der Waals surface area contributed by atoms with Crippen LogP contribution in [0.25, 0.3) is 0 Å². The van der Waals surface area contributed by atoms with Crippen LogP contribution in [0.15, 0.2) is 30.5 Å². The normalized spacial score (nSPS) is 16.8. The molecule has 8 heteroatoms. The maximum absolute atomic E-state index is 12.6. The molecule has 1 amide bonds. The zero-order valence-electron chi connectivity index (χ0n) is 14.3. The van der Waals surface area contributed by atoms with Gasteiger partial charge in [0.1, 0.15) is 12.3 Å². The van der Waals surface area contributed by atoms with Crippen molar-refractivity contribution in [2.45, 2.75) is 44.4 Å². The molecule has 0 saturated heterocycles. The summed E-state index contributed by atoms with van der Waals surface area (Å²) in [6.45, 7) is -1.12. The first-order valence-corrected chi connectivity index (χ1v) is 8.40. The van der Waals surface area contributed by atoms with Crippen molar-refractivity contribution < 1.29 is 22.7 Å². The van der Waals surface area contributed by atoms with Gasteiger partial charge in [-0.15, -0.1) is 0 Å². The topological polar surface area (TPSA) is 56.1 Å². The Kier molecular flexibility index (Phi) is 5.20.